The number of anilines is 1. The van der Waals surface area contributed by atoms with Crippen LogP contribution < -0.4 is 19.5 Å². The molecule has 0 saturated heterocycles. The Balaban J connectivity index is 1.37. The minimum atomic E-state index is -1.02. The van der Waals surface area contributed by atoms with E-state index in [1.165, 1.54) is 11.1 Å². The van der Waals surface area contributed by atoms with Crippen LogP contribution in [0.15, 0.2) is 30.5 Å². The first kappa shape index (κ1) is 28.5. The smallest absolute Gasteiger partial charge is 0.321 e. The van der Waals surface area contributed by atoms with Gasteiger partial charge in [0.25, 0.3) is 5.91 Å². The molecular weight excluding hydrogens is 528 g/mol. The van der Waals surface area contributed by atoms with E-state index >= 15 is 0 Å². The Hall–Kier alpha value is -4.01. The third-order valence-corrected chi connectivity index (χ3v) is 7.82. The lowest BCUT2D eigenvalue weighted by molar-refractivity contribution is 0.0356. The standard InChI is InChI=1S/C30H36N4O7/c1-19-15-34(20(2)17-35)28(36)23-12-21(8-11-30(38)9-4-5-10-30)14-31-27(23)41-26(19)16-33(3)29(37)32-22-6-7-24-25(13-22)40-18-39-24/h6-7,12-14,19-20,26,35,38H,4-5,9-10,15-18H2,1-3H3,(H,32,37)/t19-,20+,26+/m1/s1. The minimum absolute atomic E-state index is 0.136. The maximum atomic E-state index is 13.6. The average Bonchev–Trinajstić information content (AvgIpc) is 3.62. The summed E-state index contributed by atoms with van der Waals surface area (Å²) in [6, 6.07) is 6.01. The number of hydrogen-bond donors (Lipinski definition) is 3. The average molecular weight is 565 g/mol. The number of fused-ring (bicyclic) bond motifs is 2. The molecule has 1 fully saturated rings. The minimum Gasteiger partial charge on any atom is -0.472 e. The van der Waals surface area contributed by atoms with Gasteiger partial charge in [0, 0.05) is 43.0 Å². The first-order valence-corrected chi connectivity index (χ1v) is 13.9. The van der Waals surface area contributed by atoms with Crippen LogP contribution in [0.5, 0.6) is 17.4 Å². The summed E-state index contributed by atoms with van der Waals surface area (Å²) in [7, 11) is 1.66. The highest BCUT2D eigenvalue weighted by Gasteiger charge is 2.35. The molecule has 3 heterocycles. The van der Waals surface area contributed by atoms with Crippen molar-refractivity contribution < 1.29 is 34.0 Å². The zero-order chi connectivity index (χ0) is 29.1. The lowest BCUT2D eigenvalue weighted by atomic mass is 9.99. The molecule has 3 aliphatic rings. The van der Waals surface area contributed by atoms with Crippen LogP contribution >= 0.6 is 0 Å². The number of hydrogen-bond acceptors (Lipinski definition) is 8. The lowest BCUT2D eigenvalue weighted by Gasteiger charge is -2.37. The van der Waals surface area contributed by atoms with E-state index in [1.807, 2.05) is 6.92 Å². The molecule has 2 aromatic rings. The molecule has 11 heteroatoms. The number of benzene rings is 1. The van der Waals surface area contributed by atoms with E-state index in [2.05, 4.69) is 22.1 Å². The fourth-order valence-electron chi connectivity index (χ4n) is 5.21. The van der Waals surface area contributed by atoms with Crippen molar-refractivity contribution in [2.75, 3.05) is 38.9 Å². The second-order valence-electron chi connectivity index (χ2n) is 11.1. The number of aliphatic hydroxyl groups excluding tert-OH is 1. The second-order valence-corrected chi connectivity index (χ2v) is 11.1. The van der Waals surface area contributed by atoms with Gasteiger partial charge in [0.1, 0.15) is 17.3 Å². The number of pyridine rings is 1. The van der Waals surface area contributed by atoms with Gasteiger partial charge in [-0.3, -0.25) is 4.79 Å². The number of ether oxygens (including phenoxy) is 3. The van der Waals surface area contributed by atoms with Crippen LogP contribution in [0.3, 0.4) is 0 Å². The number of rotatable bonds is 5. The van der Waals surface area contributed by atoms with Crippen LogP contribution in [-0.2, 0) is 0 Å². The van der Waals surface area contributed by atoms with E-state index in [1.54, 1.807) is 43.1 Å². The lowest BCUT2D eigenvalue weighted by Crippen LogP contribution is -2.50. The van der Waals surface area contributed by atoms with Crippen molar-refractivity contribution in [1.82, 2.24) is 14.8 Å². The fraction of sp³-hybridized carbons (Fsp3) is 0.500. The van der Waals surface area contributed by atoms with Gasteiger partial charge < -0.3 is 39.5 Å². The molecule has 0 radical (unpaired) electrons. The molecule has 1 aromatic heterocycles. The number of aliphatic hydroxyl groups is 2. The van der Waals surface area contributed by atoms with Gasteiger partial charge in [0.2, 0.25) is 12.7 Å². The van der Waals surface area contributed by atoms with Crippen LogP contribution in [0.2, 0.25) is 0 Å². The SMILES string of the molecule is C[C@@H]1CN([C@@H](C)CO)C(=O)c2cc(C#CC3(O)CCCC3)cnc2O[C@H]1CN(C)C(=O)Nc1ccc2c(c1)OCO2. The van der Waals surface area contributed by atoms with Crippen LogP contribution in [0.4, 0.5) is 10.5 Å². The van der Waals surface area contributed by atoms with Crippen molar-refractivity contribution in [3.05, 3.63) is 41.6 Å². The Bertz CT molecular complexity index is 1360. The van der Waals surface area contributed by atoms with Crippen molar-refractivity contribution in [1.29, 1.82) is 0 Å². The van der Waals surface area contributed by atoms with E-state index < -0.39 is 17.7 Å². The molecule has 1 saturated carbocycles. The highest BCUT2D eigenvalue weighted by Crippen LogP contribution is 2.34. The summed E-state index contributed by atoms with van der Waals surface area (Å²) in [5.41, 5.74) is 0.256. The molecule has 3 N–H and O–H groups in total. The predicted octanol–water partition coefficient (Wildman–Crippen LogP) is 2.85. The molecule has 0 bridgehead atoms. The molecule has 1 aromatic carbocycles. The predicted molar refractivity (Wildman–Crippen MR) is 150 cm³/mol. The molecule has 3 atom stereocenters. The molecular formula is C30H36N4O7. The molecule has 0 unspecified atom stereocenters. The van der Waals surface area contributed by atoms with Crippen molar-refractivity contribution >= 4 is 17.6 Å². The summed E-state index contributed by atoms with van der Waals surface area (Å²) < 4.78 is 17.0. The normalized spacial score (nSPS) is 21.5. The van der Waals surface area contributed by atoms with Crippen LogP contribution in [-0.4, -0.2) is 88.2 Å². The van der Waals surface area contributed by atoms with E-state index in [4.69, 9.17) is 14.2 Å². The zero-order valence-electron chi connectivity index (χ0n) is 23.6. The zero-order valence-corrected chi connectivity index (χ0v) is 23.6. The highest BCUT2D eigenvalue weighted by atomic mass is 16.7. The fourth-order valence-corrected chi connectivity index (χ4v) is 5.21. The summed E-state index contributed by atoms with van der Waals surface area (Å²) in [6.45, 7) is 4.16. The molecule has 41 heavy (non-hydrogen) atoms. The molecule has 1 aliphatic carbocycles. The van der Waals surface area contributed by atoms with Crippen molar-refractivity contribution in [2.45, 2.75) is 57.3 Å². The van der Waals surface area contributed by atoms with E-state index in [0.29, 0.717) is 42.1 Å². The van der Waals surface area contributed by atoms with Gasteiger partial charge in [0.05, 0.1) is 19.2 Å². The maximum Gasteiger partial charge on any atom is 0.321 e. The van der Waals surface area contributed by atoms with Crippen LogP contribution in [0, 0.1) is 17.8 Å². The first-order valence-electron chi connectivity index (χ1n) is 13.9. The number of carbonyl (C=O) groups is 2. The van der Waals surface area contributed by atoms with Gasteiger partial charge in [-0.25, -0.2) is 9.78 Å². The number of likely N-dealkylation sites (N-methyl/N-ethyl adjacent to an activating group) is 1. The number of carbonyl (C=O) groups excluding carboxylic acids is 2. The van der Waals surface area contributed by atoms with Crippen molar-refractivity contribution in [3.63, 3.8) is 0 Å². The molecule has 0 spiro atoms. The topological polar surface area (TPSA) is 134 Å². The molecule has 3 amide bonds. The number of amides is 3. The number of urea groups is 1. The van der Waals surface area contributed by atoms with Gasteiger partial charge >= 0.3 is 6.03 Å². The number of nitrogens with one attached hydrogen (secondary N) is 1. The van der Waals surface area contributed by atoms with Crippen LogP contribution in [0.1, 0.15) is 55.5 Å². The molecule has 2 aliphatic heterocycles. The maximum absolute atomic E-state index is 13.6. The molecule has 218 valence electrons. The van der Waals surface area contributed by atoms with Gasteiger partial charge in [-0.2, -0.15) is 0 Å². The third-order valence-electron chi connectivity index (χ3n) is 7.82. The van der Waals surface area contributed by atoms with E-state index in [0.717, 1.165) is 12.8 Å². The number of aromatic nitrogens is 1. The summed E-state index contributed by atoms with van der Waals surface area (Å²) >= 11 is 0. The largest absolute Gasteiger partial charge is 0.472 e. The summed E-state index contributed by atoms with van der Waals surface area (Å²) in [5.74, 6) is 6.74. The Morgan fingerprint density at radius 2 is 2.02 bits per heavy atom. The number of nitrogens with zero attached hydrogens (tertiary/aromatic N) is 3. The monoisotopic (exact) mass is 564 g/mol. The van der Waals surface area contributed by atoms with Crippen molar-refractivity contribution in [2.24, 2.45) is 5.92 Å². The summed E-state index contributed by atoms with van der Waals surface area (Å²) in [6.07, 6.45) is 4.12. The van der Waals surface area contributed by atoms with Gasteiger partial charge in [-0.1, -0.05) is 18.8 Å². The molecule has 11 nitrogen and oxygen atoms in total. The Morgan fingerprint density at radius 1 is 1.27 bits per heavy atom. The van der Waals surface area contributed by atoms with E-state index in [-0.39, 0.29) is 49.2 Å². The Kier molecular flexibility index (Phi) is 8.24. The first-order chi connectivity index (χ1) is 19.7. The molecule has 5 rings (SSSR count). The van der Waals surface area contributed by atoms with Gasteiger partial charge in [0.15, 0.2) is 11.5 Å². The quantitative estimate of drug-likeness (QED) is 0.472. The van der Waals surface area contributed by atoms with Gasteiger partial charge in [-0.05, 0) is 50.8 Å². The second kappa shape index (κ2) is 11.8. The van der Waals surface area contributed by atoms with Gasteiger partial charge in [-0.15, -0.1) is 0 Å². The van der Waals surface area contributed by atoms with Crippen LogP contribution in [0.25, 0.3) is 0 Å². The third kappa shape index (κ3) is 6.34. The highest BCUT2D eigenvalue weighted by molar-refractivity contribution is 5.97. The van der Waals surface area contributed by atoms with Crippen molar-refractivity contribution in [3.8, 4) is 29.2 Å². The summed E-state index contributed by atoms with van der Waals surface area (Å²) in [4.78, 5) is 34.2. The Morgan fingerprint density at radius 3 is 2.78 bits per heavy atom. The van der Waals surface area contributed by atoms with E-state index in [9.17, 15) is 19.8 Å². The summed E-state index contributed by atoms with van der Waals surface area (Å²) in [5, 5.41) is 23.4. The Labute approximate surface area is 239 Å².